The first-order chi connectivity index (χ1) is 11.2. The first kappa shape index (κ1) is 15.5. The molecular formula is C18H22N4O. The summed E-state index contributed by atoms with van der Waals surface area (Å²) in [4.78, 5) is 16.2. The summed E-state index contributed by atoms with van der Waals surface area (Å²) in [5.74, 6) is 0.908. The number of amides is 1. The van der Waals surface area contributed by atoms with Crippen molar-refractivity contribution in [2.45, 2.75) is 25.3 Å². The zero-order valence-electron chi connectivity index (χ0n) is 13.1. The maximum Gasteiger partial charge on any atom is 0.251 e. The van der Waals surface area contributed by atoms with Crippen molar-refractivity contribution in [3.05, 3.63) is 59.3 Å². The molecule has 23 heavy (non-hydrogen) atoms. The summed E-state index contributed by atoms with van der Waals surface area (Å²) >= 11 is 0. The molecule has 1 amide bonds. The number of anilines is 1. The van der Waals surface area contributed by atoms with E-state index in [9.17, 15) is 4.79 Å². The fraction of sp³-hybridized carbons (Fsp3) is 0.333. The Morgan fingerprint density at radius 3 is 2.83 bits per heavy atom. The van der Waals surface area contributed by atoms with Gasteiger partial charge in [-0.15, -0.1) is 0 Å². The van der Waals surface area contributed by atoms with Gasteiger partial charge in [-0.25, -0.2) is 4.98 Å². The number of hydrogen-bond acceptors (Lipinski definition) is 4. The number of rotatable bonds is 4. The Morgan fingerprint density at radius 2 is 2.13 bits per heavy atom. The molecule has 0 aliphatic carbocycles. The number of nitrogens with two attached hydrogens (primary N) is 1. The second kappa shape index (κ2) is 7.24. The third-order valence-electron chi connectivity index (χ3n) is 4.31. The van der Waals surface area contributed by atoms with Crippen LogP contribution in [0.15, 0.2) is 42.6 Å². The number of hydrogen-bond donors (Lipinski definition) is 3. The van der Waals surface area contributed by atoms with E-state index in [0.717, 1.165) is 18.7 Å². The molecule has 2 aromatic rings. The summed E-state index contributed by atoms with van der Waals surface area (Å²) in [6, 6.07) is 11.6. The quantitative estimate of drug-likeness (QED) is 0.807. The largest absolute Gasteiger partial charge is 0.383 e. The second-order valence-corrected chi connectivity index (χ2v) is 5.90. The van der Waals surface area contributed by atoms with Gasteiger partial charge in [-0.05, 0) is 49.1 Å². The second-order valence-electron chi connectivity index (χ2n) is 5.90. The third-order valence-corrected chi connectivity index (χ3v) is 4.31. The highest BCUT2D eigenvalue weighted by molar-refractivity contribution is 5.94. The molecule has 5 heteroatoms. The van der Waals surface area contributed by atoms with E-state index in [1.165, 1.54) is 18.4 Å². The average Bonchev–Trinajstić information content (AvgIpc) is 2.62. The summed E-state index contributed by atoms with van der Waals surface area (Å²) < 4.78 is 0. The molecule has 1 aliphatic rings. The molecule has 5 nitrogen and oxygen atoms in total. The van der Waals surface area contributed by atoms with Crippen LogP contribution in [-0.2, 0) is 6.54 Å². The summed E-state index contributed by atoms with van der Waals surface area (Å²) in [7, 11) is 0. The van der Waals surface area contributed by atoms with Crippen LogP contribution in [0.1, 0.15) is 40.2 Å². The van der Waals surface area contributed by atoms with Crippen LogP contribution in [0.3, 0.4) is 0 Å². The molecule has 1 fully saturated rings. The van der Waals surface area contributed by atoms with Crippen molar-refractivity contribution >= 4 is 11.7 Å². The average molecular weight is 310 g/mol. The van der Waals surface area contributed by atoms with Gasteiger partial charge in [0.1, 0.15) is 5.82 Å². The monoisotopic (exact) mass is 310 g/mol. The van der Waals surface area contributed by atoms with Crippen molar-refractivity contribution in [2.24, 2.45) is 0 Å². The fourth-order valence-corrected chi connectivity index (χ4v) is 2.92. The highest BCUT2D eigenvalue weighted by atomic mass is 16.1. The molecule has 120 valence electrons. The van der Waals surface area contributed by atoms with Crippen LogP contribution in [0.4, 0.5) is 5.82 Å². The number of aromatic nitrogens is 1. The minimum Gasteiger partial charge on any atom is -0.383 e. The topological polar surface area (TPSA) is 80.0 Å². The summed E-state index contributed by atoms with van der Waals surface area (Å²) in [5, 5.41) is 6.30. The Bertz CT molecular complexity index is 663. The first-order valence-corrected chi connectivity index (χ1v) is 8.02. The van der Waals surface area contributed by atoms with Crippen molar-refractivity contribution in [3.63, 3.8) is 0 Å². The molecule has 1 aromatic carbocycles. The molecule has 4 N–H and O–H groups in total. The summed E-state index contributed by atoms with van der Waals surface area (Å²) in [5.41, 5.74) is 8.57. The standard InChI is InChI=1S/C18H22N4O/c19-17-16(4-2-10-21-17)12-22-18(23)14-7-5-13(6-8-14)15-3-1-9-20-11-15/h2,4-8,10,15,20H,1,3,9,11-12H2,(H2,19,21)(H,22,23). The molecule has 1 aliphatic heterocycles. The Morgan fingerprint density at radius 1 is 1.30 bits per heavy atom. The van der Waals surface area contributed by atoms with Crippen LogP contribution in [-0.4, -0.2) is 24.0 Å². The molecule has 3 rings (SSSR count). The SMILES string of the molecule is Nc1ncccc1CNC(=O)c1ccc(C2CCCNC2)cc1. The zero-order valence-corrected chi connectivity index (χ0v) is 13.1. The van der Waals surface area contributed by atoms with Crippen molar-refractivity contribution in [3.8, 4) is 0 Å². The number of nitrogens with zero attached hydrogens (tertiary/aromatic N) is 1. The van der Waals surface area contributed by atoms with E-state index < -0.39 is 0 Å². The maximum atomic E-state index is 12.2. The molecule has 2 heterocycles. The lowest BCUT2D eigenvalue weighted by molar-refractivity contribution is 0.0951. The van der Waals surface area contributed by atoms with E-state index >= 15 is 0 Å². The Kier molecular flexibility index (Phi) is 4.88. The van der Waals surface area contributed by atoms with Crippen molar-refractivity contribution < 1.29 is 4.79 Å². The van der Waals surface area contributed by atoms with Gasteiger partial charge in [0.2, 0.25) is 0 Å². The Labute approximate surface area is 136 Å². The molecule has 0 radical (unpaired) electrons. The highest BCUT2D eigenvalue weighted by Gasteiger charge is 2.15. The molecule has 0 saturated carbocycles. The number of carbonyl (C=O) groups excluding carboxylic acids is 1. The van der Waals surface area contributed by atoms with E-state index in [1.807, 2.05) is 24.3 Å². The van der Waals surface area contributed by atoms with Crippen molar-refractivity contribution in [1.29, 1.82) is 0 Å². The number of nitrogen functional groups attached to an aromatic ring is 1. The lowest BCUT2D eigenvalue weighted by Gasteiger charge is -2.23. The maximum absolute atomic E-state index is 12.2. The normalized spacial score (nSPS) is 17.7. The predicted octanol–water partition coefficient (Wildman–Crippen LogP) is 2.06. The van der Waals surface area contributed by atoms with Gasteiger partial charge in [0.15, 0.2) is 0 Å². The van der Waals surface area contributed by atoms with Gasteiger partial charge in [-0.1, -0.05) is 18.2 Å². The smallest absolute Gasteiger partial charge is 0.251 e. The number of pyridine rings is 1. The number of benzene rings is 1. The molecular weight excluding hydrogens is 288 g/mol. The van der Waals surface area contributed by atoms with Crippen LogP contribution < -0.4 is 16.4 Å². The highest BCUT2D eigenvalue weighted by Crippen LogP contribution is 2.23. The van der Waals surface area contributed by atoms with Gasteiger partial charge in [0, 0.05) is 30.4 Å². The lowest BCUT2D eigenvalue weighted by Crippen LogP contribution is -2.28. The van der Waals surface area contributed by atoms with Crippen LogP contribution >= 0.6 is 0 Å². The number of carbonyl (C=O) groups is 1. The predicted molar refractivity (Wildman–Crippen MR) is 91.1 cm³/mol. The molecule has 1 unspecified atom stereocenters. The van der Waals surface area contributed by atoms with E-state index in [1.54, 1.807) is 6.20 Å². The van der Waals surface area contributed by atoms with E-state index in [0.29, 0.717) is 23.8 Å². The summed E-state index contributed by atoms with van der Waals surface area (Å²) in [6.07, 6.45) is 4.05. The molecule has 0 bridgehead atoms. The fourth-order valence-electron chi connectivity index (χ4n) is 2.92. The number of piperidine rings is 1. The van der Waals surface area contributed by atoms with E-state index in [-0.39, 0.29) is 5.91 Å². The Balaban J connectivity index is 1.60. The molecule has 1 atom stereocenters. The van der Waals surface area contributed by atoms with Crippen LogP contribution in [0.2, 0.25) is 0 Å². The van der Waals surface area contributed by atoms with Crippen LogP contribution in [0, 0.1) is 0 Å². The van der Waals surface area contributed by atoms with Gasteiger partial charge < -0.3 is 16.4 Å². The first-order valence-electron chi connectivity index (χ1n) is 8.02. The van der Waals surface area contributed by atoms with Crippen LogP contribution in [0.25, 0.3) is 0 Å². The number of nitrogens with one attached hydrogen (secondary N) is 2. The third kappa shape index (κ3) is 3.87. The van der Waals surface area contributed by atoms with Gasteiger partial charge in [0.05, 0.1) is 0 Å². The lowest BCUT2D eigenvalue weighted by atomic mass is 9.91. The molecule has 0 spiro atoms. The molecule has 1 saturated heterocycles. The Hall–Kier alpha value is -2.40. The van der Waals surface area contributed by atoms with Crippen molar-refractivity contribution in [2.75, 3.05) is 18.8 Å². The van der Waals surface area contributed by atoms with Gasteiger partial charge in [-0.2, -0.15) is 0 Å². The van der Waals surface area contributed by atoms with Crippen molar-refractivity contribution in [1.82, 2.24) is 15.6 Å². The van der Waals surface area contributed by atoms with E-state index in [2.05, 4.69) is 27.8 Å². The zero-order chi connectivity index (χ0) is 16.1. The van der Waals surface area contributed by atoms with Gasteiger partial charge in [0.25, 0.3) is 5.91 Å². The van der Waals surface area contributed by atoms with Crippen LogP contribution in [0.5, 0.6) is 0 Å². The van der Waals surface area contributed by atoms with Gasteiger partial charge >= 0.3 is 0 Å². The molecule has 1 aromatic heterocycles. The van der Waals surface area contributed by atoms with Gasteiger partial charge in [-0.3, -0.25) is 4.79 Å². The minimum absolute atomic E-state index is 0.0958. The van der Waals surface area contributed by atoms with E-state index in [4.69, 9.17) is 5.73 Å². The summed E-state index contributed by atoms with van der Waals surface area (Å²) in [6.45, 7) is 2.51. The minimum atomic E-state index is -0.0958.